The topological polar surface area (TPSA) is 65.4 Å². The summed E-state index contributed by atoms with van der Waals surface area (Å²) in [5, 5.41) is 0.861. The maximum Gasteiger partial charge on any atom is 0.294 e. The highest BCUT2D eigenvalue weighted by molar-refractivity contribution is 9.10. The second-order valence-electron chi connectivity index (χ2n) is 8.39. The maximum atomic E-state index is 12.6. The molecule has 0 amide bonds. The molecule has 30 heavy (non-hydrogen) atoms. The lowest BCUT2D eigenvalue weighted by Gasteiger charge is -2.35. The van der Waals surface area contributed by atoms with Crippen LogP contribution in [0.2, 0.25) is 0 Å². The molecule has 2 aliphatic rings. The Morgan fingerprint density at radius 2 is 2.00 bits per heavy atom. The minimum Gasteiger partial charge on any atom is -0.449 e. The van der Waals surface area contributed by atoms with Crippen LogP contribution < -0.4 is 10.5 Å². The molecule has 4 aromatic rings. The molecule has 1 N–H and O–H groups in total. The monoisotopic (exact) mass is 464 g/mol. The number of halogens is 1. The quantitative estimate of drug-likeness (QED) is 0.491. The number of benzene rings is 2. The van der Waals surface area contributed by atoms with Crippen LogP contribution in [0.15, 0.2) is 56.1 Å². The van der Waals surface area contributed by atoms with Crippen LogP contribution in [0, 0.1) is 6.92 Å². The molecule has 6 nitrogen and oxygen atoms in total. The van der Waals surface area contributed by atoms with E-state index in [2.05, 4.69) is 61.9 Å². The number of hydrogen-bond donors (Lipinski definition) is 1. The fraction of sp³-hybridized carbons (Fsp3) is 0.304. The van der Waals surface area contributed by atoms with Gasteiger partial charge >= 0.3 is 0 Å². The van der Waals surface area contributed by atoms with E-state index in [1.165, 1.54) is 11.3 Å². The smallest absolute Gasteiger partial charge is 0.294 e. The van der Waals surface area contributed by atoms with Gasteiger partial charge in [0, 0.05) is 40.7 Å². The van der Waals surface area contributed by atoms with Crippen LogP contribution in [0.1, 0.15) is 17.8 Å². The van der Waals surface area contributed by atoms with E-state index >= 15 is 0 Å². The second-order valence-corrected chi connectivity index (χ2v) is 9.31. The van der Waals surface area contributed by atoms with Crippen molar-refractivity contribution in [3.63, 3.8) is 0 Å². The minimum atomic E-state index is -0.215. The zero-order valence-electron chi connectivity index (χ0n) is 16.6. The molecule has 4 heterocycles. The summed E-state index contributed by atoms with van der Waals surface area (Å²) in [6.45, 7) is 4.77. The first-order valence-corrected chi connectivity index (χ1v) is 11.0. The highest BCUT2D eigenvalue weighted by Crippen LogP contribution is 2.35. The summed E-state index contributed by atoms with van der Waals surface area (Å²) in [7, 11) is 0. The van der Waals surface area contributed by atoms with Gasteiger partial charge < -0.3 is 14.3 Å². The van der Waals surface area contributed by atoms with Gasteiger partial charge in [-0.2, -0.15) is 0 Å². The largest absolute Gasteiger partial charge is 0.449 e. The summed E-state index contributed by atoms with van der Waals surface area (Å²) in [5.74, 6) is 0.699. The molecule has 0 saturated carbocycles. The molecule has 2 bridgehead atoms. The van der Waals surface area contributed by atoms with Gasteiger partial charge in [0.1, 0.15) is 16.9 Å². The summed E-state index contributed by atoms with van der Waals surface area (Å²) < 4.78 is 6.68. The van der Waals surface area contributed by atoms with E-state index < -0.39 is 0 Å². The van der Waals surface area contributed by atoms with Crippen molar-refractivity contribution in [1.29, 1.82) is 0 Å². The molecule has 2 atom stereocenters. The molecule has 6 rings (SSSR count). The lowest BCUT2D eigenvalue weighted by molar-refractivity contribution is 0.225. The Labute approximate surface area is 181 Å². The van der Waals surface area contributed by atoms with Crippen molar-refractivity contribution in [1.82, 2.24) is 14.9 Å². The number of piperazine rings is 1. The van der Waals surface area contributed by atoms with Crippen LogP contribution in [-0.4, -0.2) is 40.0 Å². The lowest BCUT2D eigenvalue weighted by Crippen LogP contribution is -2.46. The van der Waals surface area contributed by atoms with Crippen molar-refractivity contribution in [3.8, 4) is 0 Å². The number of nitrogens with zero attached hydrogens (tertiary/aromatic N) is 3. The maximum absolute atomic E-state index is 12.6. The Balaban J connectivity index is 1.27. The van der Waals surface area contributed by atoms with Gasteiger partial charge in [0.15, 0.2) is 0 Å². The molecule has 0 aliphatic carbocycles. The van der Waals surface area contributed by atoms with Gasteiger partial charge in [-0.05, 0) is 43.7 Å². The van der Waals surface area contributed by atoms with Crippen LogP contribution in [0.4, 0.5) is 5.69 Å². The van der Waals surface area contributed by atoms with E-state index in [0.29, 0.717) is 41.1 Å². The number of likely N-dealkylation sites (tertiary alicyclic amines) is 1. The van der Waals surface area contributed by atoms with Gasteiger partial charge in [0.05, 0.1) is 6.54 Å². The van der Waals surface area contributed by atoms with Gasteiger partial charge in [-0.15, -0.1) is 0 Å². The third kappa shape index (κ3) is 2.87. The Kier molecular flexibility index (Phi) is 4.05. The van der Waals surface area contributed by atoms with Crippen molar-refractivity contribution >= 4 is 43.7 Å². The Hall–Kier alpha value is -2.64. The SMILES string of the molecule is Cc1ccc(N2C[C@H]3C[C@@H]2CN3Cc2nc3c(oc4ccc(Br)cc43)c(=O)[nH]2)cc1. The van der Waals surface area contributed by atoms with E-state index in [0.717, 1.165) is 29.4 Å². The predicted molar refractivity (Wildman–Crippen MR) is 121 cm³/mol. The molecule has 7 heteroatoms. The molecule has 0 unspecified atom stereocenters. The second kappa shape index (κ2) is 6.68. The molecular weight excluding hydrogens is 444 g/mol. The molecule has 2 aliphatic heterocycles. The molecular formula is C23H21BrN4O2. The number of furan rings is 1. The van der Waals surface area contributed by atoms with Crippen LogP contribution in [-0.2, 0) is 6.54 Å². The lowest BCUT2D eigenvalue weighted by atomic mass is 10.2. The van der Waals surface area contributed by atoms with Crippen molar-refractivity contribution in [3.05, 3.63) is 68.7 Å². The first kappa shape index (κ1) is 18.2. The van der Waals surface area contributed by atoms with Crippen molar-refractivity contribution in [2.45, 2.75) is 32.0 Å². The van der Waals surface area contributed by atoms with Crippen molar-refractivity contribution in [2.75, 3.05) is 18.0 Å². The van der Waals surface area contributed by atoms with Gasteiger partial charge in [-0.25, -0.2) is 4.98 Å². The molecule has 2 aromatic heterocycles. The van der Waals surface area contributed by atoms with E-state index in [1.54, 1.807) is 0 Å². The zero-order chi connectivity index (χ0) is 20.4. The number of nitrogens with one attached hydrogen (secondary N) is 1. The number of fused-ring (bicyclic) bond motifs is 5. The highest BCUT2D eigenvalue weighted by atomic mass is 79.9. The third-order valence-corrected chi connectivity index (χ3v) is 6.90. The van der Waals surface area contributed by atoms with Gasteiger partial charge in [-0.1, -0.05) is 33.6 Å². The molecule has 152 valence electrons. The fourth-order valence-corrected chi connectivity index (χ4v) is 5.30. The normalized spacial score (nSPS) is 21.3. The highest BCUT2D eigenvalue weighted by Gasteiger charge is 2.43. The zero-order valence-corrected chi connectivity index (χ0v) is 18.1. The third-order valence-electron chi connectivity index (χ3n) is 6.41. The molecule has 2 saturated heterocycles. The standard InChI is InChI=1S/C23H21BrN4O2/c1-13-2-5-15(6-3-13)28-11-16-9-17(28)10-27(16)12-20-25-21-18-8-14(24)4-7-19(18)30-22(21)23(29)26-20/h2-8,16-17H,9-12H2,1H3,(H,25,26,29)/t16-,17-/m1/s1. The summed E-state index contributed by atoms with van der Waals surface area (Å²) in [6, 6.07) is 15.5. The Morgan fingerprint density at radius 1 is 1.17 bits per heavy atom. The average Bonchev–Trinajstić information content (AvgIpc) is 3.41. The van der Waals surface area contributed by atoms with Crippen LogP contribution >= 0.6 is 15.9 Å². The first-order valence-electron chi connectivity index (χ1n) is 10.2. The molecule has 0 radical (unpaired) electrons. The van der Waals surface area contributed by atoms with E-state index in [4.69, 9.17) is 9.40 Å². The molecule has 2 aromatic carbocycles. The number of rotatable bonds is 3. The summed E-state index contributed by atoms with van der Waals surface area (Å²) in [6.07, 6.45) is 1.15. The van der Waals surface area contributed by atoms with Gasteiger partial charge in [0.25, 0.3) is 5.56 Å². The average molecular weight is 465 g/mol. The van der Waals surface area contributed by atoms with E-state index in [9.17, 15) is 4.79 Å². The fourth-order valence-electron chi connectivity index (χ4n) is 4.94. The van der Waals surface area contributed by atoms with Gasteiger partial charge in [-0.3, -0.25) is 9.69 Å². The van der Waals surface area contributed by atoms with Gasteiger partial charge in [0.2, 0.25) is 5.58 Å². The number of hydrogen-bond acceptors (Lipinski definition) is 5. The number of aromatic nitrogens is 2. The van der Waals surface area contributed by atoms with E-state index in [-0.39, 0.29) is 5.56 Å². The van der Waals surface area contributed by atoms with Crippen molar-refractivity contribution < 1.29 is 4.42 Å². The summed E-state index contributed by atoms with van der Waals surface area (Å²) >= 11 is 3.49. The number of anilines is 1. The molecule has 0 spiro atoms. The first-order chi connectivity index (χ1) is 14.5. The van der Waals surface area contributed by atoms with Crippen LogP contribution in [0.25, 0.3) is 22.1 Å². The molecule has 2 fully saturated rings. The summed E-state index contributed by atoms with van der Waals surface area (Å²) in [5.41, 5.74) is 3.98. The Bertz CT molecular complexity index is 1330. The minimum absolute atomic E-state index is 0.215. The Morgan fingerprint density at radius 3 is 2.77 bits per heavy atom. The number of aryl methyl sites for hydroxylation is 1. The number of aromatic amines is 1. The van der Waals surface area contributed by atoms with Crippen LogP contribution in [0.3, 0.4) is 0 Å². The van der Waals surface area contributed by atoms with E-state index in [1.807, 2.05) is 18.2 Å². The predicted octanol–water partition coefficient (Wildman–Crippen LogP) is 4.20. The van der Waals surface area contributed by atoms with Crippen molar-refractivity contribution in [2.24, 2.45) is 0 Å². The van der Waals surface area contributed by atoms with Crippen LogP contribution in [0.5, 0.6) is 0 Å². The number of H-pyrrole nitrogens is 1. The summed E-state index contributed by atoms with van der Waals surface area (Å²) in [4.78, 5) is 25.3.